The SMILES string of the molecule is COc1c(CCn2nc(C)c3c(N)ncnc32)cc(C)c(C#N)c1-c1cncc(S(C)(=O)=O)c1. The minimum Gasteiger partial charge on any atom is -0.496 e. The number of anilines is 1. The molecule has 0 fully saturated rings. The molecule has 0 saturated heterocycles. The number of nitrogens with two attached hydrogens (primary N) is 1. The van der Waals surface area contributed by atoms with Gasteiger partial charge in [-0.3, -0.25) is 4.98 Å². The molecule has 2 N–H and O–H groups in total. The van der Waals surface area contributed by atoms with Crippen LogP contribution in [0.25, 0.3) is 22.2 Å². The molecule has 3 heterocycles. The summed E-state index contributed by atoms with van der Waals surface area (Å²) in [5, 5.41) is 15.1. The van der Waals surface area contributed by atoms with Gasteiger partial charge in [0.1, 0.15) is 24.0 Å². The van der Waals surface area contributed by atoms with Crippen molar-refractivity contribution in [1.29, 1.82) is 5.26 Å². The van der Waals surface area contributed by atoms with Crippen molar-refractivity contribution in [3.8, 4) is 22.9 Å². The minimum atomic E-state index is -3.48. The van der Waals surface area contributed by atoms with Crippen LogP contribution in [-0.4, -0.2) is 46.5 Å². The van der Waals surface area contributed by atoms with Crippen LogP contribution in [0.15, 0.2) is 35.7 Å². The smallest absolute Gasteiger partial charge is 0.177 e. The quantitative estimate of drug-likeness (QED) is 0.442. The second kappa shape index (κ2) is 8.72. The molecule has 0 spiro atoms. The number of hydrogen-bond acceptors (Lipinski definition) is 9. The van der Waals surface area contributed by atoms with Crippen molar-refractivity contribution < 1.29 is 13.2 Å². The largest absolute Gasteiger partial charge is 0.496 e. The van der Waals surface area contributed by atoms with E-state index in [1.807, 2.05) is 19.9 Å². The monoisotopic (exact) mass is 477 g/mol. The number of hydrogen-bond donors (Lipinski definition) is 1. The third kappa shape index (κ3) is 4.04. The molecule has 10 nitrogen and oxygen atoms in total. The van der Waals surface area contributed by atoms with E-state index in [0.717, 1.165) is 28.5 Å². The van der Waals surface area contributed by atoms with Gasteiger partial charge in [-0.1, -0.05) is 6.07 Å². The highest BCUT2D eigenvalue weighted by Crippen LogP contribution is 2.39. The van der Waals surface area contributed by atoms with E-state index < -0.39 is 9.84 Å². The number of nitriles is 1. The Morgan fingerprint density at radius 1 is 1.21 bits per heavy atom. The van der Waals surface area contributed by atoms with E-state index in [9.17, 15) is 13.7 Å². The van der Waals surface area contributed by atoms with Gasteiger partial charge in [-0.05, 0) is 37.5 Å². The summed E-state index contributed by atoms with van der Waals surface area (Å²) in [6, 6.07) is 5.63. The van der Waals surface area contributed by atoms with Crippen molar-refractivity contribution in [1.82, 2.24) is 24.7 Å². The Kier molecular flexibility index (Phi) is 5.93. The fourth-order valence-corrected chi connectivity index (χ4v) is 4.65. The van der Waals surface area contributed by atoms with E-state index in [1.165, 1.54) is 31.9 Å². The lowest BCUT2D eigenvalue weighted by atomic mass is 9.92. The second-order valence-electron chi connectivity index (χ2n) is 7.95. The number of aryl methyl sites for hydroxylation is 4. The number of aromatic nitrogens is 5. The van der Waals surface area contributed by atoms with Crippen LogP contribution in [0.5, 0.6) is 5.75 Å². The first kappa shape index (κ1) is 23.1. The van der Waals surface area contributed by atoms with Crippen LogP contribution >= 0.6 is 0 Å². The fourth-order valence-electron chi connectivity index (χ4n) is 4.06. The molecule has 4 aromatic rings. The number of rotatable bonds is 6. The molecule has 3 aromatic heterocycles. The lowest BCUT2D eigenvalue weighted by Gasteiger charge is -2.18. The molecule has 0 aliphatic carbocycles. The minimum absolute atomic E-state index is 0.0646. The van der Waals surface area contributed by atoms with Crippen molar-refractivity contribution in [2.75, 3.05) is 19.1 Å². The molecule has 0 amide bonds. The molecule has 34 heavy (non-hydrogen) atoms. The summed E-state index contributed by atoms with van der Waals surface area (Å²) < 4.78 is 31.7. The van der Waals surface area contributed by atoms with E-state index in [4.69, 9.17) is 10.5 Å². The third-order valence-corrected chi connectivity index (χ3v) is 6.71. The zero-order valence-corrected chi connectivity index (χ0v) is 20.0. The number of benzene rings is 1. The van der Waals surface area contributed by atoms with Crippen molar-refractivity contribution >= 4 is 26.7 Å². The van der Waals surface area contributed by atoms with Gasteiger partial charge in [-0.15, -0.1) is 0 Å². The van der Waals surface area contributed by atoms with Crippen LogP contribution in [0.1, 0.15) is 22.4 Å². The standard InChI is InChI=1S/C23H23N7O3S/c1-13-7-15(5-6-30-23-19(14(2)29-30)22(25)27-12-28-23)21(33-3)20(18(13)9-24)16-8-17(11-26-10-16)34(4,31)32/h7-8,10-12H,5-6H2,1-4H3,(H2,25,27,28). The number of sulfone groups is 1. The Balaban J connectivity index is 1.83. The normalized spacial score (nSPS) is 11.5. The molecule has 174 valence electrons. The first-order chi connectivity index (χ1) is 16.2. The second-order valence-corrected chi connectivity index (χ2v) is 9.96. The van der Waals surface area contributed by atoms with Crippen molar-refractivity contribution in [3.63, 3.8) is 0 Å². The zero-order chi connectivity index (χ0) is 24.6. The van der Waals surface area contributed by atoms with E-state index >= 15 is 0 Å². The molecule has 1 aromatic carbocycles. The van der Waals surface area contributed by atoms with Gasteiger partial charge in [0.2, 0.25) is 0 Å². The number of pyridine rings is 1. The van der Waals surface area contributed by atoms with Gasteiger partial charge >= 0.3 is 0 Å². The molecule has 11 heteroatoms. The molecule has 0 aliphatic rings. The maximum Gasteiger partial charge on any atom is 0.177 e. The van der Waals surface area contributed by atoms with Gasteiger partial charge in [-0.2, -0.15) is 10.4 Å². The van der Waals surface area contributed by atoms with Crippen LogP contribution in [0.3, 0.4) is 0 Å². The molecule has 0 atom stereocenters. The molecule has 0 radical (unpaired) electrons. The number of nitrogens with zero attached hydrogens (tertiary/aromatic N) is 6. The molecular weight excluding hydrogens is 454 g/mol. The summed E-state index contributed by atoms with van der Waals surface area (Å²) in [5.41, 5.74) is 10.3. The molecule has 0 saturated carbocycles. The Morgan fingerprint density at radius 2 is 1.97 bits per heavy atom. The molecule has 4 rings (SSSR count). The van der Waals surface area contributed by atoms with E-state index in [0.29, 0.717) is 46.9 Å². The predicted octanol–water partition coefficient (Wildman–Crippen LogP) is 2.61. The van der Waals surface area contributed by atoms with Crippen molar-refractivity contribution in [2.45, 2.75) is 31.7 Å². The number of methoxy groups -OCH3 is 1. The third-order valence-electron chi connectivity index (χ3n) is 5.63. The average Bonchev–Trinajstić information content (AvgIpc) is 3.13. The van der Waals surface area contributed by atoms with Crippen molar-refractivity contribution in [2.24, 2.45) is 0 Å². The Morgan fingerprint density at radius 3 is 2.65 bits per heavy atom. The van der Waals surface area contributed by atoms with Gasteiger partial charge < -0.3 is 10.5 Å². The van der Waals surface area contributed by atoms with Gasteiger partial charge in [0, 0.05) is 36.3 Å². The molecule has 0 unspecified atom stereocenters. The maximum absolute atomic E-state index is 12.1. The van der Waals surface area contributed by atoms with E-state index in [-0.39, 0.29) is 4.90 Å². The average molecular weight is 478 g/mol. The first-order valence-corrected chi connectivity index (χ1v) is 12.2. The number of fused-ring (bicyclic) bond motifs is 1. The molecular formula is C23H23N7O3S. The van der Waals surface area contributed by atoms with Crippen LogP contribution < -0.4 is 10.5 Å². The Bertz CT molecular complexity index is 1570. The maximum atomic E-state index is 12.1. The van der Waals surface area contributed by atoms with Gasteiger partial charge in [-0.25, -0.2) is 23.1 Å². The van der Waals surface area contributed by atoms with E-state index in [2.05, 4.69) is 26.1 Å². The highest BCUT2D eigenvalue weighted by molar-refractivity contribution is 7.90. The van der Waals surface area contributed by atoms with Crippen LogP contribution in [0.4, 0.5) is 5.82 Å². The fraction of sp³-hybridized carbons (Fsp3) is 0.261. The summed E-state index contributed by atoms with van der Waals surface area (Å²) in [7, 11) is -1.96. The van der Waals surface area contributed by atoms with Crippen LogP contribution in [-0.2, 0) is 22.8 Å². The summed E-state index contributed by atoms with van der Waals surface area (Å²) in [6.07, 6.45) is 5.85. The lowest BCUT2D eigenvalue weighted by molar-refractivity contribution is 0.409. The van der Waals surface area contributed by atoms with Crippen LogP contribution in [0.2, 0.25) is 0 Å². The van der Waals surface area contributed by atoms with Crippen LogP contribution in [0, 0.1) is 25.2 Å². The Labute approximate surface area is 197 Å². The lowest BCUT2D eigenvalue weighted by Crippen LogP contribution is -2.08. The van der Waals surface area contributed by atoms with E-state index in [1.54, 1.807) is 4.68 Å². The van der Waals surface area contributed by atoms with Crippen molar-refractivity contribution in [3.05, 3.63) is 53.2 Å². The first-order valence-electron chi connectivity index (χ1n) is 10.3. The molecule has 0 aliphatic heterocycles. The Hall–Kier alpha value is -4.04. The highest BCUT2D eigenvalue weighted by Gasteiger charge is 2.21. The highest BCUT2D eigenvalue weighted by atomic mass is 32.2. The number of ether oxygens (including phenoxy) is 1. The summed E-state index contributed by atoms with van der Waals surface area (Å²) in [6.45, 7) is 4.16. The van der Waals surface area contributed by atoms with Gasteiger partial charge in [0.25, 0.3) is 0 Å². The zero-order valence-electron chi connectivity index (χ0n) is 19.2. The summed E-state index contributed by atoms with van der Waals surface area (Å²) in [4.78, 5) is 12.5. The summed E-state index contributed by atoms with van der Waals surface area (Å²) >= 11 is 0. The van der Waals surface area contributed by atoms with Gasteiger partial charge in [0.05, 0.1) is 28.6 Å². The summed E-state index contributed by atoms with van der Waals surface area (Å²) in [5.74, 6) is 0.859. The topological polar surface area (TPSA) is 150 Å². The van der Waals surface area contributed by atoms with Gasteiger partial charge in [0.15, 0.2) is 15.5 Å². The number of nitrogen functional groups attached to an aromatic ring is 1. The predicted molar refractivity (Wildman–Crippen MR) is 127 cm³/mol. The molecule has 0 bridgehead atoms.